The number of aromatic nitrogens is 4. The van der Waals surface area contributed by atoms with Gasteiger partial charge in [0.25, 0.3) is 0 Å². The number of phenols is 1. The molecule has 0 saturated carbocycles. The van der Waals surface area contributed by atoms with Gasteiger partial charge < -0.3 is 25.0 Å². The van der Waals surface area contributed by atoms with Gasteiger partial charge in [-0.15, -0.1) is 10.2 Å². The van der Waals surface area contributed by atoms with Crippen molar-refractivity contribution in [3.05, 3.63) is 30.3 Å². The lowest BCUT2D eigenvalue weighted by molar-refractivity contribution is 0.0164. The number of rotatable bonds is 5. The molecule has 5 rings (SSSR count). The van der Waals surface area contributed by atoms with Crippen molar-refractivity contribution in [2.75, 3.05) is 45.1 Å². The highest BCUT2D eigenvalue weighted by atomic mass is 16.6. The van der Waals surface area contributed by atoms with Crippen LogP contribution in [-0.4, -0.2) is 86.3 Å². The Balaban J connectivity index is 1.21. The summed E-state index contributed by atoms with van der Waals surface area (Å²) in [4.78, 5) is 16.8. The van der Waals surface area contributed by atoms with E-state index in [-0.39, 0.29) is 17.9 Å². The molecular formula is C28H39N7O3. The molecule has 2 N–H and O–H groups in total. The number of carbonyl (C=O) groups excluding carboxylic acids is 1. The maximum atomic E-state index is 12.4. The number of likely N-dealkylation sites (tertiary alicyclic amines) is 2. The summed E-state index contributed by atoms with van der Waals surface area (Å²) < 4.78 is 7.63. The van der Waals surface area contributed by atoms with E-state index in [1.807, 2.05) is 50.9 Å². The number of carbonyl (C=O) groups is 1. The first-order valence-corrected chi connectivity index (χ1v) is 13.6. The molecule has 1 amide bonds. The fraction of sp³-hybridized carbons (Fsp3) is 0.571. The molecule has 3 aromatic rings. The molecule has 2 aromatic heterocycles. The summed E-state index contributed by atoms with van der Waals surface area (Å²) in [5, 5.41) is 27.2. The lowest BCUT2D eigenvalue weighted by Gasteiger charge is -2.38. The third-order valence-corrected chi connectivity index (χ3v) is 7.56. The first-order valence-electron chi connectivity index (χ1n) is 13.6. The quantitative estimate of drug-likeness (QED) is 0.504. The van der Waals surface area contributed by atoms with Gasteiger partial charge >= 0.3 is 6.09 Å². The van der Waals surface area contributed by atoms with E-state index in [9.17, 15) is 9.90 Å². The van der Waals surface area contributed by atoms with Crippen LogP contribution < -0.4 is 5.32 Å². The van der Waals surface area contributed by atoms with E-state index < -0.39 is 5.60 Å². The van der Waals surface area contributed by atoms with Gasteiger partial charge in [-0.05, 0) is 70.6 Å². The average molecular weight is 522 g/mol. The van der Waals surface area contributed by atoms with Crippen LogP contribution in [0, 0.1) is 5.92 Å². The summed E-state index contributed by atoms with van der Waals surface area (Å²) in [6.07, 6.45) is 3.85. The van der Waals surface area contributed by atoms with Crippen LogP contribution >= 0.6 is 0 Å². The molecule has 2 aliphatic heterocycles. The number of nitrogens with one attached hydrogen (secondary N) is 1. The molecule has 2 fully saturated rings. The average Bonchev–Trinajstić information content (AvgIpc) is 3.27. The zero-order valence-corrected chi connectivity index (χ0v) is 22.9. The van der Waals surface area contributed by atoms with Crippen LogP contribution in [0.5, 0.6) is 5.75 Å². The number of hydrogen-bond donors (Lipinski definition) is 2. The number of nitrogens with zero attached hydrogens (tertiary/aromatic N) is 6. The number of aromatic hydroxyl groups is 1. The van der Waals surface area contributed by atoms with Gasteiger partial charge in [-0.1, -0.05) is 12.1 Å². The van der Waals surface area contributed by atoms with Crippen LogP contribution in [0.4, 0.5) is 10.6 Å². The van der Waals surface area contributed by atoms with Crippen LogP contribution in [0.2, 0.25) is 0 Å². The minimum absolute atomic E-state index is 0.186. The Labute approximate surface area is 224 Å². The molecular weight excluding hydrogens is 482 g/mol. The molecule has 0 unspecified atom stereocenters. The molecule has 4 heterocycles. The zero-order valence-electron chi connectivity index (χ0n) is 22.9. The molecule has 38 heavy (non-hydrogen) atoms. The lowest BCUT2D eigenvalue weighted by Crippen LogP contribution is -2.45. The smallest absolute Gasteiger partial charge is 0.410 e. The van der Waals surface area contributed by atoms with Crippen molar-refractivity contribution in [2.45, 2.75) is 58.1 Å². The number of ether oxygens (including phenoxy) is 1. The van der Waals surface area contributed by atoms with Gasteiger partial charge in [0.2, 0.25) is 0 Å². The molecule has 1 aromatic carbocycles. The number of benzene rings is 1. The van der Waals surface area contributed by atoms with Crippen LogP contribution in [-0.2, 0) is 4.74 Å². The fourth-order valence-electron chi connectivity index (χ4n) is 5.54. The second-order valence-corrected chi connectivity index (χ2v) is 11.5. The van der Waals surface area contributed by atoms with Crippen LogP contribution in [0.15, 0.2) is 30.3 Å². The van der Waals surface area contributed by atoms with E-state index in [1.54, 1.807) is 12.1 Å². The Morgan fingerprint density at radius 3 is 2.45 bits per heavy atom. The Bertz CT molecular complexity index is 1270. The van der Waals surface area contributed by atoms with Crippen molar-refractivity contribution >= 4 is 22.9 Å². The molecule has 0 aliphatic carbocycles. The van der Waals surface area contributed by atoms with Crippen molar-refractivity contribution in [3.63, 3.8) is 0 Å². The fourth-order valence-corrected chi connectivity index (χ4v) is 5.54. The molecule has 0 spiro atoms. The van der Waals surface area contributed by atoms with Crippen molar-refractivity contribution in [2.24, 2.45) is 5.92 Å². The summed E-state index contributed by atoms with van der Waals surface area (Å²) in [5.74, 6) is 1.50. The molecule has 0 bridgehead atoms. The second-order valence-electron chi connectivity index (χ2n) is 11.5. The van der Waals surface area contributed by atoms with E-state index in [0.29, 0.717) is 17.2 Å². The normalized spacial score (nSPS) is 18.2. The van der Waals surface area contributed by atoms with E-state index in [1.165, 1.54) is 0 Å². The predicted octanol–water partition coefficient (Wildman–Crippen LogP) is 4.52. The number of amides is 1. The topological polar surface area (TPSA) is 109 Å². The monoisotopic (exact) mass is 521 g/mol. The maximum Gasteiger partial charge on any atom is 0.410 e. The highest BCUT2D eigenvalue weighted by molar-refractivity contribution is 5.88. The molecule has 10 nitrogen and oxygen atoms in total. The summed E-state index contributed by atoms with van der Waals surface area (Å²) in [6, 6.07) is 9.44. The van der Waals surface area contributed by atoms with Gasteiger partial charge in [0.15, 0.2) is 11.3 Å². The van der Waals surface area contributed by atoms with Crippen LogP contribution in [0.25, 0.3) is 22.3 Å². The maximum absolute atomic E-state index is 12.4. The third kappa shape index (κ3) is 5.70. The van der Waals surface area contributed by atoms with Crippen molar-refractivity contribution in [1.82, 2.24) is 29.8 Å². The number of piperidine rings is 2. The highest BCUT2D eigenvalue weighted by Crippen LogP contribution is 2.33. The number of hydrogen-bond acceptors (Lipinski definition) is 8. The van der Waals surface area contributed by atoms with Gasteiger partial charge in [-0.25, -0.2) is 4.79 Å². The number of phenolic OH excluding ortho intramolecular Hbond substituents is 1. The summed E-state index contributed by atoms with van der Waals surface area (Å²) in [5.41, 5.74) is 2.51. The summed E-state index contributed by atoms with van der Waals surface area (Å²) in [7, 11) is 1.85. The Morgan fingerprint density at radius 2 is 1.79 bits per heavy atom. The van der Waals surface area contributed by atoms with E-state index in [0.717, 1.165) is 75.3 Å². The largest absolute Gasteiger partial charge is 0.507 e. The Hall–Kier alpha value is -3.40. The molecule has 2 saturated heterocycles. The highest BCUT2D eigenvalue weighted by Gasteiger charge is 2.30. The van der Waals surface area contributed by atoms with Gasteiger partial charge in [0, 0.05) is 45.3 Å². The van der Waals surface area contributed by atoms with E-state index in [4.69, 9.17) is 9.84 Å². The van der Waals surface area contributed by atoms with Crippen molar-refractivity contribution < 1.29 is 14.6 Å². The lowest BCUT2D eigenvalue weighted by atomic mass is 9.95. The molecule has 0 radical (unpaired) electrons. The number of para-hydroxylation sites is 1. The van der Waals surface area contributed by atoms with Gasteiger partial charge in [-0.3, -0.25) is 4.68 Å². The minimum atomic E-state index is -0.455. The first kappa shape index (κ1) is 26.2. The summed E-state index contributed by atoms with van der Waals surface area (Å²) >= 11 is 0. The number of fused-ring (bicyclic) bond motifs is 1. The van der Waals surface area contributed by atoms with Gasteiger partial charge in [-0.2, -0.15) is 5.10 Å². The van der Waals surface area contributed by atoms with Crippen molar-refractivity contribution in [1.29, 1.82) is 0 Å². The number of anilines is 1. The van der Waals surface area contributed by atoms with Crippen LogP contribution in [0.1, 0.15) is 52.5 Å². The third-order valence-electron chi connectivity index (χ3n) is 7.56. The minimum Gasteiger partial charge on any atom is -0.507 e. The summed E-state index contributed by atoms with van der Waals surface area (Å²) in [6.45, 7) is 10.4. The second kappa shape index (κ2) is 10.8. The van der Waals surface area contributed by atoms with E-state index >= 15 is 0 Å². The molecule has 2 aliphatic rings. The zero-order chi connectivity index (χ0) is 26.9. The first-order chi connectivity index (χ1) is 18.2. The van der Waals surface area contributed by atoms with Crippen LogP contribution in [0.3, 0.4) is 0 Å². The van der Waals surface area contributed by atoms with E-state index in [2.05, 4.69) is 25.1 Å². The van der Waals surface area contributed by atoms with Crippen molar-refractivity contribution in [3.8, 4) is 17.0 Å². The van der Waals surface area contributed by atoms with Gasteiger partial charge in [0.1, 0.15) is 11.4 Å². The van der Waals surface area contributed by atoms with Gasteiger partial charge in [0.05, 0.1) is 17.3 Å². The molecule has 0 atom stereocenters. The molecule has 10 heteroatoms. The Kier molecular flexibility index (Phi) is 7.43. The Morgan fingerprint density at radius 1 is 1.08 bits per heavy atom. The molecule has 204 valence electrons. The predicted molar refractivity (Wildman–Crippen MR) is 147 cm³/mol. The standard InChI is InChI=1S/C28H39N7O3/c1-28(2,3)38-27(37)34-15-9-19(10-16-34)18-33-13-11-20(12-14-33)35-23-17-22(21-7-5-6-8-24(21)36)30-31-25(23)26(29-4)32-35/h5-8,17,19-20,36H,9-16,18H2,1-4H3,(H,29,32). The SMILES string of the molecule is CNc1nn(C2CCN(CC3CCN(C(=O)OC(C)(C)C)CC3)CC2)c2cc(-c3ccccc3O)nnc12.